The molecule has 0 radical (unpaired) electrons. The molecule has 68 valence electrons. The molecule has 0 bridgehead atoms. The molecule has 0 aromatic carbocycles. The molecule has 0 saturated carbocycles. The Kier molecular flexibility index (Phi) is 5.57. The van der Waals surface area contributed by atoms with E-state index in [0.29, 0.717) is 5.41 Å². The lowest BCUT2D eigenvalue weighted by atomic mass is 9.88. The van der Waals surface area contributed by atoms with Crippen LogP contribution in [0.15, 0.2) is 0 Å². The maximum absolute atomic E-state index is 5.14. The lowest BCUT2D eigenvalue weighted by Crippen LogP contribution is -2.17. The fourth-order valence-corrected chi connectivity index (χ4v) is 1.32. The van der Waals surface area contributed by atoms with Gasteiger partial charge in [0.15, 0.2) is 0 Å². The van der Waals surface area contributed by atoms with Gasteiger partial charge >= 0.3 is 0 Å². The molecular formula is C10H22O. The number of hydrogen-bond donors (Lipinski definition) is 0. The van der Waals surface area contributed by atoms with E-state index in [1.165, 1.54) is 25.7 Å². The maximum Gasteiger partial charge on any atom is 0.0513 e. The van der Waals surface area contributed by atoms with Crippen LogP contribution in [0.5, 0.6) is 0 Å². The van der Waals surface area contributed by atoms with E-state index < -0.39 is 0 Å². The molecule has 0 atom stereocenters. The Morgan fingerprint density at radius 3 is 2.27 bits per heavy atom. The molecule has 0 rings (SSSR count). The van der Waals surface area contributed by atoms with Crippen LogP contribution in [0, 0.1) is 5.41 Å². The van der Waals surface area contributed by atoms with Crippen molar-refractivity contribution in [3.63, 3.8) is 0 Å². The first-order valence-corrected chi connectivity index (χ1v) is 4.61. The fourth-order valence-electron chi connectivity index (χ4n) is 1.32. The first-order valence-electron chi connectivity index (χ1n) is 4.61. The number of unbranched alkanes of at least 4 members (excludes halogenated alkanes) is 2. The van der Waals surface area contributed by atoms with Crippen molar-refractivity contribution in [2.24, 2.45) is 5.41 Å². The Morgan fingerprint density at radius 2 is 1.82 bits per heavy atom. The number of methoxy groups -OCH3 is 1. The van der Waals surface area contributed by atoms with Gasteiger partial charge in [0, 0.05) is 7.11 Å². The third kappa shape index (κ3) is 6.36. The van der Waals surface area contributed by atoms with Crippen LogP contribution in [0.2, 0.25) is 0 Å². The normalized spacial score (nSPS) is 12.0. The Bertz CT molecular complexity index is 86.9. The summed E-state index contributed by atoms with van der Waals surface area (Å²) in [5, 5.41) is 0. The Morgan fingerprint density at radius 1 is 1.18 bits per heavy atom. The van der Waals surface area contributed by atoms with Crippen LogP contribution >= 0.6 is 0 Å². The SMILES string of the molecule is CCCCCC(C)(C)COC. The summed E-state index contributed by atoms with van der Waals surface area (Å²) in [6, 6.07) is 0. The van der Waals surface area contributed by atoms with Gasteiger partial charge in [-0.3, -0.25) is 0 Å². The Balaban J connectivity index is 3.38. The molecule has 0 amide bonds. The smallest absolute Gasteiger partial charge is 0.0513 e. The van der Waals surface area contributed by atoms with Gasteiger partial charge in [0.2, 0.25) is 0 Å². The largest absolute Gasteiger partial charge is 0.384 e. The van der Waals surface area contributed by atoms with Crippen molar-refractivity contribution in [2.75, 3.05) is 13.7 Å². The van der Waals surface area contributed by atoms with E-state index in [1.54, 1.807) is 7.11 Å². The van der Waals surface area contributed by atoms with Crippen LogP contribution in [0.3, 0.4) is 0 Å². The molecule has 0 aliphatic rings. The molecule has 0 aromatic rings. The zero-order valence-corrected chi connectivity index (χ0v) is 8.44. The summed E-state index contributed by atoms with van der Waals surface area (Å²) in [5.41, 5.74) is 0.379. The lowest BCUT2D eigenvalue weighted by Gasteiger charge is -2.22. The summed E-state index contributed by atoms with van der Waals surface area (Å²) in [7, 11) is 1.78. The minimum atomic E-state index is 0.379. The Labute approximate surface area is 71.1 Å². The van der Waals surface area contributed by atoms with Crippen LogP contribution in [0.1, 0.15) is 46.5 Å². The van der Waals surface area contributed by atoms with E-state index in [1.807, 2.05) is 0 Å². The number of hydrogen-bond acceptors (Lipinski definition) is 1. The van der Waals surface area contributed by atoms with E-state index >= 15 is 0 Å². The van der Waals surface area contributed by atoms with Crippen LogP contribution in [0.25, 0.3) is 0 Å². The van der Waals surface area contributed by atoms with Crippen molar-refractivity contribution in [2.45, 2.75) is 46.5 Å². The molecule has 0 fully saturated rings. The second kappa shape index (κ2) is 5.59. The Hall–Kier alpha value is -0.0400. The third-order valence-corrected chi connectivity index (χ3v) is 1.99. The highest BCUT2D eigenvalue weighted by molar-refractivity contribution is 4.66. The second-order valence-electron chi connectivity index (χ2n) is 4.05. The molecular weight excluding hydrogens is 136 g/mol. The summed E-state index contributed by atoms with van der Waals surface area (Å²) in [5.74, 6) is 0. The quantitative estimate of drug-likeness (QED) is 0.539. The van der Waals surface area contributed by atoms with Crippen molar-refractivity contribution in [1.29, 1.82) is 0 Å². The van der Waals surface area contributed by atoms with Gasteiger partial charge in [-0.2, -0.15) is 0 Å². The first-order chi connectivity index (χ1) is 5.12. The minimum Gasteiger partial charge on any atom is -0.384 e. The fraction of sp³-hybridized carbons (Fsp3) is 1.00. The van der Waals surface area contributed by atoms with Gasteiger partial charge in [0.1, 0.15) is 0 Å². The number of ether oxygens (including phenoxy) is 1. The molecule has 0 saturated heterocycles. The molecule has 1 heteroatoms. The molecule has 0 unspecified atom stereocenters. The van der Waals surface area contributed by atoms with Crippen LogP contribution in [-0.2, 0) is 4.74 Å². The van der Waals surface area contributed by atoms with Crippen molar-refractivity contribution in [1.82, 2.24) is 0 Å². The van der Waals surface area contributed by atoms with Gasteiger partial charge in [-0.15, -0.1) is 0 Å². The van der Waals surface area contributed by atoms with E-state index in [-0.39, 0.29) is 0 Å². The van der Waals surface area contributed by atoms with E-state index in [2.05, 4.69) is 20.8 Å². The molecule has 0 spiro atoms. The van der Waals surface area contributed by atoms with Gasteiger partial charge in [-0.05, 0) is 11.8 Å². The van der Waals surface area contributed by atoms with Crippen molar-refractivity contribution < 1.29 is 4.74 Å². The highest BCUT2D eigenvalue weighted by atomic mass is 16.5. The standard InChI is InChI=1S/C10H22O/c1-5-6-7-8-10(2,3)9-11-4/h5-9H2,1-4H3. The van der Waals surface area contributed by atoms with Gasteiger partial charge < -0.3 is 4.74 Å². The summed E-state index contributed by atoms with van der Waals surface area (Å²) in [6.07, 6.45) is 5.29. The molecule has 0 aromatic heterocycles. The van der Waals surface area contributed by atoms with Crippen molar-refractivity contribution in [3.05, 3.63) is 0 Å². The van der Waals surface area contributed by atoms with Crippen LogP contribution in [-0.4, -0.2) is 13.7 Å². The number of rotatable bonds is 6. The third-order valence-electron chi connectivity index (χ3n) is 1.99. The summed E-state index contributed by atoms with van der Waals surface area (Å²) in [6.45, 7) is 7.67. The predicted molar refractivity (Wildman–Crippen MR) is 49.8 cm³/mol. The minimum absolute atomic E-state index is 0.379. The summed E-state index contributed by atoms with van der Waals surface area (Å²) in [4.78, 5) is 0. The second-order valence-corrected chi connectivity index (χ2v) is 4.05. The van der Waals surface area contributed by atoms with E-state index in [4.69, 9.17) is 4.74 Å². The molecule has 0 aliphatic carbocycles. The van der Waals surface area contributed by atoms with Crippen LogP contribution < -0.4 is 0 Å². The molecule has 1 nitrogen and oxygen atoms in total. The maximum atomic E-state index is 5.14. The lowest BCUT2D eigenvalue weighted by molar-refractivity contribution is 0.0963. The van der Waals surface area contributed by atoms with Crippen molar-refractivity contribution in [3.8, 4) is 0 Å². The topological polar surface area (TPSA) is 9.23 Å². The summed E-state index contributed by atoms with van der Waals surface area (Å²) < 4.78 is 5.14. The van der Waals surface area contributed by atoms with Gasteiger partial charge in [0.05, 0.1) is 6.61 Å². The zero-order chi connectivity index (χ0) is 8.74. The predicted octanol–water partition coefficient (Wildman–Crippen LogP) is 3.24. The molecule has 11 heavy (non-hydrogen) atoms. The molecule has 0 N–H and O–H groups in total. The van der Waals surface area contributed by atoms with Crippen LogP contribution in [0.4, 0.5) is 0 Å². The zero-order valence-electron chi connectivity index (χ0n) is 8.44. The first kappa shape index (κ1) is 11.0. The van der Waals surface area contributed by atoms with Gasteiger partial charge in [-0.1, -0.05) is 40.0 Å². The van der Waals surface area contributed by atoms with Crippen molar-refractivity contribution >= 4 is 0 Å². The summed E-state index contributed by atoms with van der Waals surface area (Å²) >= 11 is 0. The van der Waals surface area contributed by atoms with Gasteiger partial charge in [0.25, 0.3) is 0 Å². The monoisotopic (exact) mass is 158 g/mol. The molecule has 0 aliphatic heterocycles. The van der Waals surface area contributed by atoms with E-state index in [0.717, 1.165) is 6.61 Å². The average molecular weight is 158 g/mol. The highest BCUT2D eigenvalue weighted by Crippen LogP contribution is 2.23. The van der Waals surface area contributed by atoms with Gasteiger partial charge in [-0.25, -0.2) is 0 Å². The molecule has 0 heterocycles. The average Bonchev–Trinajstić information content (AvgIpc) is 1.87. The highest BCUT2D eigenvalue weighted by Gasteiger charge is 2.16. The van der Waals surface area contributed by atoms with E-state index in [9.17, 15) is 0 Å².